The van der Waals surface area contributed by atoms with Crippen LogP contribution in [0.2, 0.25) is 0 Å². The summed E-state index contributed by atoms with van der Waals surface area (Å²) in [6.07, 6.45) is 3.10. The van der Waals surface area contributed by atoms with E-state index in [-0.39, 0.29) is 29.2 Å². The van der Waals surface area contributed by atoms with Gasteiger partial charge in [-0.2, -0.15) is 0 Å². The van der Waals surface area contributed by atoms with E-state index in [1.807, 2.05) is 0 Å². The SMILES string of the molecule is CS(=O)(=O)Nc1cc(F)cc(CNC(=O)c2c[nH]c(-c3ncc(F)cc3F)c2)c1. The number of carbonyl (C=O) groups excluding carboxylic acids is 1. The minimum absolute atomic E-state index is 0.0264. The van der Waals surface area contributed by atoms with E-state index in [4.69, 9.17) is 0 Å². The van der Waals surface area contributed by atoms with Crippen molar-refractivity contribution in [2.45, 2.75) is 6.54 Å². The van der Waals surface area contributed by atoms with Gasteiger partial charge in [0.2, 0.25) is 10.0 Å². The molecule has 29 heavy (non-hydrogen) atoms. The van der Waals surface area contributed by atoms with Crippen molar-refractivity contribution in [3.8, 4) is 11.4 Å². The highest BCUT2D eigenvalue weighted by Crippen LogP contribution is 2.21. The molecule has 3 aromatic rings. The van der Waals surface area contributed by atoms with Crippen molar-refractivity contribution in [3.63, 3.8) is 0 Å². The summed E-state index contributed by atoms with van der Waals surface area (Å²) >= 11 is 0. The maximum atomic E-state index is 13.8. The molecule has 3 N–H and O–H groups in total. The van der Waals surface area contributed by atoms with Crippen LogP contribution in [0.5, 0.6) is 0 Å². The van der Waals surface area contributed by atoms with Gasteiger partial charge in [0.1, 0.15) is 17.3 Å². The number of sulfonamides is 1. The first-order chi connectivity index (χ1) is 13.6. The molecule has 11 heteroatoms. The van der Waals surface area contributed by atoms with Crippen molar-refractivity contribution < 1.29 is 26.4 Å². The lowest BCUT2D eigenvalue weighted by Gasteiger charge is -2.08. The number of anilines is 1. The fraction of sp³-hybridized carbons (Fsp3) is 0.111. The fourth-order valence-corrected chi connectivity index (χ4v) is 3.13. The molecule has 2 aromatic heterocycles. The first kappa shape index (κ1) is 20.4. The van der Waals surface area contributed by atoms with Crippen LogP contribution < -0.4 is 10.0 Å². The van der Waals surface area contributed by atoms with Gasteiger partial charge in [-0.25, -0.2) is 26.6 Å². The summed E-state index contributed by atoms with van der Waals surface area (Å²) in [5.74, 6) is -2.93. The number of amides is 1. The van der Waals surface area contributed by atoms with Gasteiger partial charge in [0.05, 0.1) is 29.4 Å². The molecule has 0 atom stereocenters. The predicted molar refractivity (Wildman–Crippen MR) is 100.0 cm³/mol. The minimum Gasteiger partial charge on any atom is -0.359 e. The molecular weight excluding hydrogens is 409 g/mol. The van der Waals surface area contributed by atoms with E-state index in [1.165, 1.54) is 18.3 Å². The Bertz CT molecular complexity index is 1180. The summed E-state index contributed by atoms with van der Waals surface area (Å²) < 4.78 is 65.2. The molecule has 0 aliphatic heterocycles. The first-order valence-electron chi connectivity index (χ1n) is 8.16. The molecule has 0 radical (unpaired) electrons. The lowest BCUT2D eigenvalue weighted by molar-refractivity contribution is 0.0951. The number of hydrogen-bond donors (Lipinski definition) is 3. The molecule has 7 nitrogen and oxygen atoms in total. The molecule has 3 rings (SSSR count). The fourth-order valence-electron chi connectivity index (χ4n) is 2.58. The van der Waals surface area contributed by atoms with Gasteiger partial charge < -0.3 is 10.3 Å². The van der Waals surface area contributed by atoms with Crippen LogP contribution in [0, 0.1) is 17.5 Å². The van der Waals surface area contributed by atoms with Crippen LogP contribution in [0.1, 0.15) is 15.9 Å². The molecule has 2 heterocycles. The molecule has 0 spiro atoms. The van der Waals surface area contributed by atoms with E-state index in [2.05, 4.69) is 20.0 Å². The topological polar surface area (TPSA) is 104 Å². The second-order valence-electron chi connectivity index (χ2n) is 6.19. The molecule has 152 valence electrons. The Kier molecular flexibility index (Phi) is 5.59. The Morgan fingerprint density at radius 3 is 2.55 bits per heavy atom. The molecule has 0 fully saturated rings. The number of benzene rings is 1. The van der Waals surface area contributed by atoms with Gasteiger partial charge in [0.25, 0.3) is 5.91 Å². The zero-order chi connectivity index (χ0) is 21.2. The quantitative estimate of drug-likeness (QED) is 0.566. The molecule has 0 bridgehead atoms. The van der Waals surface area contributed by atoms with Crippen molar-refractivity contribution in [2.75, 3.05) is 11.0 Å². The number of H-pyrrole nitrogens is 1. The maximum absolute atomic E-state index is 13.8. The van der Waals surface area contributed by atoms with Gasteiger partial charge in [0.15, 0.2) is 5.82 Å². The second-order valence-corrected chi connectivity index (χ2v) is 7.94. The molecule has 0 aliphatic rings. The Labute approximate surface area is 164 Å². The van der Waals surface area contributed by atoms with Crippen molar-refractivity contribution in [2.24, 2.45) is 0 Å². The summed E-state index contributed by atoms with van der Waals surface area (Å²) in [6, 6.07) is 5.55. The highest BCUT2D eigenvalue weighted by molar-refractivity contribution is 7.92. The van der Waals surface area contributed by atoms with E-state index in [0.717, 1.165) is 24.6 Å². The largest absolute Gasteiger partial charge is 0.359 e. The average molecular weight is 424 g/mol. The molecule has 0 saturated heterocycles. The number of nitrogens with one attached hydrogen (secondary N) is 3. The summed E-state index contributed by atoms with van der Waals surface area (Å²) in [7, 11) is -3.58. The van der Waals surface area contributed by atoms with Gasteiger partial charge in [0, 0.05) is 18.8 Å². The lowest BCUT2D eigenvalue weighted by atomic mass is 10.2. The zero-order valence-electron chi connectivity index (χ0n) is 15.0. The van der Waals surface area contributed by atoms with Crippen LogP contribution in [-0.4, -0.2) is 30.5 Å². The van der Waals surface area contributed by atoms with Crippen molar-refractivity contribution >= 4 is 21.6 Å². The third-order valence-corrected chi connectivity index (χ3v) is 4.33. The lowest BCUT2D eigenvalue weighted by Crippen LogP contribution is -2.22. The maximum Gasteiger partial charge on any atom is 0.253 e. The number of hydrogen-bond acceptors (Lipinski definition) is 4. The molecule has 1 amide bonds. The first-order valence-corrected chi connectivity index (χ1v) is 10.0. The predicted octanol–water partition coefficient (Wildman–Crippen LogP) is 2.80. The van der Waals surface area contributed by atoms with Crippen molar-refractivity contribution in [3.05, 3.63) is 71.3 Å². The second kappa shape index (κ2) is 7.95. The third kappa shape index (κ3) is 5.35. The molecule has 1 aromatic carbocycles. The number of pyridine rings is 1. The van der Waals surface area contributed by atoms with E-state index >= 15 is 0 Å². The molecule has 0 saturated carbocycles. The highest BCUT2D eigenvalue weighted by atomic mass is 32.2. The summed E-state index contributed by atoms with van der Waals surface area (Å²) in [5, 5.41) is 2.54. The van der Waals surface area contributed by atoms with Crippen LogP contribution in [0.4, 0.5) is 18.9 Å². The van der Waals surface area contributed by atoms with Crippen LogP contribution in [0.3, 0.4) is 0 Å². The highest BCUT2D eigenvalue weighted by Gasteiger charge is 2.14. The van der Waals surface area contributed by atoms with E-state index in [0.29, 0.717) is 11.6 Å². The summed E-state index contributed by atoms with van der Waals surface area (Å²) in [5.41, 5.74) is 0.534. The molecule has 0 aliphatic carbocycles. The average Bonchev–Trinajstić information content (AvgIpc) is 3.07. The summed E-state index contributed by atoms with van der Waals surface area (Å²) in [4.78, 5) is 18.6. The number of aromatic amines is 1. The van der Waals surface area contributed by atoms with Crippen LogP contribution in [-0.2, 0) is 16.6 Å². The Balaban J connectivity index is 1.71. The monoisotopic (exact) mass is 424 g/mol. The molecular formula is C18H15F3N4O3S. The number of halogens is 3. The standard InChI is InChI=1S/C18H15F3N4O3S/c1-29(27,28)25-14-3-10(2-12(19)5-14)7-24-18(26)11-4-16(22-8-11)17-15(21)6-13(20)9-23-17/h2-6,8-9,22,25H,7H2,1H3,(H,24,26). The number of nitrogens with zero attached hydrogens (tertiary/aromatic N) is 1. The van der Waals surface area contributed by atoms with Gasteiger partial charge >= 0.3 is 0 Å². The van der Waals surface area contributed by atoms with Crippen molar-refractivity contribution in [1.82, 2.24) is 15.3 Å². The van der Waals surface area contributed by atoms with Gasteiger partial charge in [-0.3, -0.25) is 9.52 Å². The van der Waals surface area contributed by atoms with E-state index in [9.17, 15) is 26.4 Å². The zero-order valence-corrected chi connectivity index (χ0v) is 15.8. The number of aromatic nitrogens is 2. The van der Waals surface area contributed by atoms with Crippen LogP contribution in [0.25, 0.3) is 11.4 Å². The molecule has 0 unspecified atom stereocenters. The third-order valence-electron chi connectivity index (χ3n) is 3.72. The van der Waals surface area contributed by atoms with E-state index in [1.54, 1.807) is 0 Å². The van der Waals surface area contributed by atoms with Crippen molar-refractivity contribution in [1.29, 1.82) is 0 Å². The normalized spacial score (nSPS) is 11.3. The Morgan fingerprint density at radius 1 is 1.10 bits per heavy atom. The Morgan fingerprint density at radius 2 is 1.86 bits per heavy atom. The van der Waals surface area contributed by atoms with Gasteiger partial charge in [-0.15, -0.1) is 0 Å². The van der Waals surface area contributed by atoms with Crippen LogP contribution >= 0.6 is 0 Å². The summed E-state index contributed by atoms with van der Waals surface area (Å²) in [6.45, 7) is -0.0846. The van der Waals surface area contributed by atoms with Gasteiger partial charge in [-0.05, 0) is 29.8 Å². The number of carbonyl (C=O) groups is 1. The van der Waals surface area contributed by atoms with Crippen LogP contribution in [0.15, 0.2) is 42.7 Å². The Hall–Kier alpha value is -3.34. The van der Waals surface area contributed by atoms with Gasteiger partial charge in [-0.1, -0.05) is 0 Å². The number of rotatable bonds is 6. The smallest absolute Gasteiger partial charge is 0.253 e. The van der Waals surface area contributed by atoms with E-state index < -0.39 is 33.4 Å². The minimum atomic E-state index is -3.58.